The Kier molecular flexibility index (Phi) is 5.41. The summed E-state index contributed by atoms with van der Waals surface area (Å²) in [6, 6.07) is 7.97. The zero-order valence-corrected chi connectivity index (χ0v) is 12.2. The fourth-order valence-electron chi connectivity index (χ4n) is 2.25. The molecule has 110 valence electrons. The summed E-state index contributed by atoms with van der Waals surface area (Å²) in [5, 5.41) is 2.97. The highest BCUT2D eigenvalue weighted by molar-refractivity contribution is 5.79. The highest BCUT2D eigenvalue weighted by atomic mass is 16.5. The van der Waals surface area contributed by atoms with Crippen molar-refractivity contribution < 1.29 is 14.3 Å². The van der Waals surface area contributed by atoms with Crippen LogP contribution in [-0.4, -0.2) is 31.8 Å². The van der Waals surface area contributed by atoms with Crippen LogP contribution in [0.15, 0.2) is 24.3 Å². The van der Waals surface area contributed by atoms with Gasteiger partial charge < -0.3 is 14.8 Å². The van der Waals surface area contributed by atoms with Gasteiger partial charge in [-0.25, -0.2) is 0 Å². The molecule has 0 bridgehead atoms. The smallest absolute Gasteiger partial charge is 0.225 e. The largest absolute Gasteiger partial charge is 0.489 e. The number of hydrogen-bond donors (Lipinski definition) is 1. The normalized spacial score (nSPS) is 19.6. The molecular weight excluding hydrogens is 254 g/mol. The van der Waals surface area contributed by atoms with Crippen LogP contribution >= 0.6 is 0 Å². The third-order valence-corrected chi connectivity index (χ3v) is 3.55. The first-order chi connectivity index (χ1) is 9.69. The molecule has 4 nitrogen and oxygen atoms in total. The molecule has 20 heavy (non-hydrogen) atoms. The van der Waals surface area contributed by atoms with Gasteiger partial charge >= 0.3 is 0 Å². The van der Waals surface area contributed by atoms with E-state index in [0.717, 1.165) is 18.6 Å². The first-order valence-corrected chi connectivity index (χ1v) is 7.27. The van der Waals surface area contributed by atoms with Gasteiger partial charge in [0.2, 0.25) is 5.91 Å². The Labute approximate surface area is 120 Å². The summed E-state index contributed by atoms with van der Waals surface area (Å²) >= 11 is 0. The highest BCUT2D eigenvalue weighted by Gasteiger charge is 2.23. The lowest BCUT2D eigenvalue weighted by Gasteiger charge is -2.19. The summed E-state index contributed by atoms with van der Waals surface area (Å²) in [5.74, 6) is 0.940. The van der Waals surface area contributed by atoms with E-state index in [0.29, 0.717) is 19.8 Å². The molecule has 2 rings (SSSR count). The number of amides is 1. The Morgan fingerprint density at radius 2 is 2.40 bits per heavy atom. The molecule has 1 amide bonds. The van der Waals surface area contributed by atoms with E-state index in [1.54, 1.807) is 0 Å². The lowest BCUT2D eigenvalue weighted by atomic mass is 10.1. The summed E-state index contributed by atoms with van der Waals surface area (Å²) < 4.78 is 11.1. The average Bonchev–Trinajstić information content (AvgIpc) is 2.97. The molecule has 1 saturated heterocycles. The van der Waals surface area contributed by atoms with Gasteiger partial charge in [-0.3, -0.25) is 4.79 Å². The Balaban J connectivity index is 1.81. The van der Waals surface area contributed by atoms with Gasteiger partial charge in [-0.1, -0.05) is 19.1 Å². The van der Waals surface area contributed by atoms with E-state index in [4.69, 9.17) is 9.47 Å². The molecular formula is C16H23NO3. The molecule has 1 heterocycles. The Morgan fingerprint density at radius 3 is 3.05 bits per heavy atom. The van der Waals surface area contributed by atoms with Crippen molar-refractivity contribution in [2.75, 3.05) is 19.8 Å². The summed E-state index contributed by atoms with van der Waals surface area (Å²) in [5.41, 5.74) is 1.17. The van der Waals surface area contributed by atoms with E-state index >= 15 is 0 Å². The van der Waals surface area contributed by atoms with Crippen LogP contribution in [0, 0.1) is 12.8 Å². The van der Waals surface area contributed by atoms with E-state index in [9.17, 15) is 4.79 Å². The molecule has 0 unspecified atom stereocenters. The lowest BCUT2D eigenvalue weighted by Crippen LogP contribution is -2.38. The van der Waals surface area contributed by atoms with Gasteiger partial charge in [0.15, 0.2) is 0 Å². The third-order valence-electron chi connectivity index (χ3n) is 3.55. The van der Waals surface area contributed by atoms with Gasteiger partial charge in [-0.15, -0.1) is 0 Å². The van der Waals surface area contributed by atoms with E-state index in [1.807, 2.05) is 31.2 Å². The summed E-state index contributed by atoms with van der Waals surface area (Å²) in [6.45, 7) is 5.87. The molecule has 1 aliphatic rings. The molecule has 4 heteroatoms. The Bertz CT molecular complexity index is 441. The molecule has 0 aliphatic carbocycles. The second kappa shape index (κ2) is 7.29. The number of hydrogen-bond acceptors (Lipinski definition) is 3. The van der Waals surface area contributed by atoms with Crippen LogP contribution in [0.1, 0.15) is 25.3 Å². The zero-order valence-electron chi connectivity index (χ0n) is 12.2. The van der Waals surface area contributed by atoms with Crippen molar-refractivity contribution in [2.45, 2.75) is 32.8 Å². The van der Waals surface area contributed by atoms with E-state index in [1.165, 1.54) is 5.56 Å². The second-order valence-corrected chi connectivity index (χ2v) is 5.27. The van der Waals surface area contributed by atoms with Crippen LogP contribution in [0.5, 0.6) is 5.75 Å². The van der Waals surface area contributed by atoms with Crippen LogP contribution in [0.4, 0.5) is 0 Å². The average molecular weight is 277 g/mol. The maximum absolute atomic E-state index is 11.9. The second-order valence-electron chi connectivity index (χ2n) is 5.27. The summed E-state index contributed by atoms with van der Waals surface area (Å²) in [6.07, 6.45) is 1.68. The van der Waals surface area contributed by atoms with Crippen LogP contribution in [-0.2, 0) is 9.53 Å². The standard InChI is InChI=1S/C16H23NO3/c1-3-14(20-15-6-4-5-12(2)9-15)10-17-16(18)13-7-8-19-11-13/h4-6,9,13-14H,3,7-8,10-11H2,1-2H3,(H,17,18)/t13-,14-/m1/s1. The SMILES string of the molecule is CC[C@H](CNC(=O)[C@@H]1CCOC1)Oc1cccc(C)c1. The number of ether oxygens (including phenoxy) is 2. The van der Waals surface area contributed by atoms with Crippen LogP contribution in [0.25, 0.3) is 0 Å². The first-order valence-electron chi connectivity index (χ1n) is 7.27. The lowest BCUT2D eigenvalue weighted by molar-refractivity contribution is -0.125. The van der Waals surface area contributed by atoms with Gasteiger partial charge in [0.1, 0.15) is 11.9 Å². The van der Waals surface area contributed by atoms with Crippen molar-refractivity contribution in [3.8, 4) is 5.75 Å². The maximum atomic E-state index is 11.9. The minimum Gasteiger partial charge on any atom is -0.489 e. The predicted molar refractivity (Wildman–Crippen MR) is 77.8 cm³/mol. The third kappa shape index (κ3) is 4.23. The number of carbonyl (C=O) groups is 1. The van der Waals surface area contributed by atoms with Crippen molar-refractivity contribution in [3.05, 3.63) is 29.8 Å². The molecule has 0 spiro atoms. The Hall–Kier alpha value is -1.55. The van der Waals surface area contributed by atoms with E-state index < -0.39 is 0 Å². The van der Waals surface area contributed by atoms with Gasteiger partial charge in [-0.05, 0) is 37.5 Å². The monoisotopic (exact) mass is 277 g/mol. The number of aryl methyl sites for hydroxylation is 1. The van der Waals surface area contributed by atoms with Crippen molar-refractivity contribution in [1.29, 1.82) is 0 Å². The number of carbonyl (C=O) groups excluding carboxylic acids is 1. The molecule has 1 N–H and O–H groups in total. The molecule has 0 radical (unpaired) electrons. The number of nitrogens with one attached hydrogen (secondary N) is 1. The minimum atomic E-state index is 0.00284. The highest BCUT2D eigenvalue weighted by Crippen LogP contribution is 2.16. The first kappa shape index (κ1) is 14.9. The molecule has 1 aromatic rings. The van der Waals surface area contributed by atoms with Gasteiger partial charge in [0.25, 0.3) is 0 Å². The van der Waals surface area contributed by atoms with Crippen molar-refractivity contribution in [3.63, 3.8) is 0 Å². The number of benzene rings is 1. The summed E-state index contributed by atoms with van der Waals surface area (Å²) in [4.78, 5) is 11.9. The zero-order chi connectivity index (χ0) is 14.4. The van der Waals surface area contributed by atoms with E-state index in [2.05, 4.69) is 12.2 Å². The van der Waals surface area contributed by atoms with Crippen LogP contribution in [0.2, 0.25) is 0 Å². The summed E-state index contributed by atoms with van der Waals surface area (Å²) in [7, 11) is 0. The predicted octanol–water partition coefficient (Wildman–Crippen LogP) is 2.31. The van der Waals surface area contributed by atoms with Gasteiger partial charge in [-0.2, -0.15) is 0 Å². The van der Waals surface area contributed by atoms with Crippen molar-refractivity contribution >= 4 is 5.91 Å². The quantitative estimate of drug-likeness (QED) is 0.868. The van der Waals surface area contributed by atoms with Gasteiger partial charge in [0, 0.05) is 6.61 Å². The molecule has 1 aliphatic heterocycles. The fraction of sp³-hybridized carbons (Fsp3) is 0.562. The van der Waals surface area contributed by atoms with Crippen LogP contribution in [0.3, 0.4) is 0 Å². The molecule has 1 fully saturated rings. The molecule has 0 aromatic heterocycles. The van der Waals surface area contributed by atoms with Gasteiger partial charge in [0.05, 0.1) is 19.1 Å². The molecule has 1 aromatic carbocycles. The van der Waals surface area contributed by atoms with Crippen LogP contribution < -0.4 is 10.1 Å². The molecule has 2 atom stereocenters. The minimum absolute atomic E-state index is 0.00284. The fourth-order valence-corrected chi connectivity index (χ4v) is 2.25. The Morgan fingerprint density at radius 1 is 1.55 bits per heavy atom. The number of rotatable bonds is 6. The van der Waals surface area contributed by atoms with E-state index in [-0.39, 0.29) is 17.9 Å². The maximum Gasteiger partial charge on any atom is 0.225 e. The topological polar surface area (TPSA) is 47.6 Å². The van der Waals surface area contributed by atoms with Crippen molar-refractivity contribution in [2.24, 2.45) is 5.92 Å². The van der Waals surface area contributed by atoms with Crippen molar-refractivity contribution in [1.82, 2.24) is 5.32 Å². The molecule has 0 saturated carbocycles.